The van der Waals surface area contributed by atoms with Gasteiger partial charge in [0.2, 0.25) is 0 Å². The summed E-state index contributed by atoms with van der Waals surface area (Å²) in [5, 5.41) is 5.31. The van der Waals surface area contributed by atoms with Crippen molar-refractivity contribution in [3.63, 3.8) is 0 Å². The monoisotopic (exact) mass is 327 g/mol. The number of amides is 1. The van der Waals surface area contributed by atoms with Crippen LogP contribution in [0.4, 0.5) is 0 Å². The summed E-state index contributed by atoms with van der Waals surface area (Å²) in [6.45, 7) is 4.44. The number of nitrogens with one attached hydrogen (secondary N) is 1. The smallest absolute Gasteiger partial charge is 0.252 e. The van der Waals surface area contributed by atoms with Crippen molar-refractivity contribution in [1.29, 1.82) is 0 Å². The van der Waals surface area contributed by atoms with Crippen LogP contribution >= 0.6 is 11.3 Å². The molecule has 1 aliphatic rings. The fourth-order valence-corrected chi connectivity index (χ4v) is 4.57. The zero-order valence-corrected chi connectivity index (χ0v) is 14.8. The summed E-state index contributed by atoms with van der Waals surface area (Å²) < 4.78 is 0. The van der Waals surface area contributed by atoms with Crippen LogP contribution in [0.15, 0.2) is 35.7 Å². The van der Waals surface area contributed by atoms with Gasteiger partial charge in [0, 0.05) is 16.3 Å². The highest BCUT2D eigenvalue weighted by atomic mass is 32.1. The van der Waals surface area contributed by atoms with Crippen molar-refractivity contribution in [2.24, 2.45) is 5.92 Å². The molecule has 2 nitrogen and oxygen atoms in total. The molecule has 0 saturated heterocycles. The van der Waals surface area contributed by atoms with Gasteiger partial charge >= 0.3 is 0 Å². The average molecular weight is 327 g/mol. The van der Waals surface area contributed by atoms with E-state index in [1.165, 1.54) is 22.4 Å². The number of fused-ring (bicyclic) bond motifs is 1. The van der Waals surface area contributed by atoms with E-state index < -0.39 is 0 Å². The molecule has 0 saturated carbocycles. The Balaban J connectivity index is 1.68. The van der Waals surface area contributed by atoms with Crippen LogP contribution in [0.25, 0.3) is 0 Å². The number of hydrogen-bond donors (Lipinski definition) is 1. The third-order valence-electron chi connectivity index (χ3n) is 4.80. The molecule has 1 aromatic heterocycles. The van der Waals surface area contributed by atoms with Crippen LogP contribution in [0, 0.1) is 5.92 Å². The molecule has 0 radical (unpaired) electrons. The lowest BCUT2D eigenvalue weighted by atomic mass is 9.88. The second-order valence-corrected chi connectivity index (χ2v) is 7.63. The van der Waals surface area contributed by atoms with Crippen molar-refractivity contribution < 1.29 is 4.79 Å². The zero-order valence-electron chi connectivity index (χ0n) is 14.0. The van der Waals surface area contributed by atoms with Gasteiger partial charge < -0.3 is 5.32 Å². The summed E-state index contributed by atoms with van der Waals surface area (Å²) >= 11 is 1.76. The van der Waals surface area contributed by atoms with Gasteiger partial charge in [-0.25, -0.2) is 0 Å². The summed E-state index contributed by atoms with van der Waals surface area (Å²) in [6.07, 6.45) is 5.23. The van der Waals surface area contributed by atoms with E-state index in [-0.39, 0.29) is 11.9 Å². The summed E-state index contributed by atoms with van der Waals surface area (Å²) in [4.78, 5) is 14.1. The molecule has 0 fully saturated rings. The standard InChI is InChI=1S/C20H25NOS/c1-3-16(12-15-7-5-4-6-8-15)21-20(22)18-13-23-19-11-14(2)9-10-17(18)19/h4-8,13-14,16H,3,9-12H2,1-2H3,(H,21,22)/t14-,16-/m1/s1. The number of carbonyl (C=O) groups excluding carboxylic acids is 1. The summed E-state index contributed by atoms with van der Waals surface area (Å²) in [7, 11) is 0. The lowest BCUT2D eigenvalue weighted by molar-refractivity contribution is 0.0935. The van der Waals surface area contributed by atoms with Crippen LogP contribution in [0.3, 0.4) is 0 Å². The molecule has 1 aliphatic carbocycles. The molecule has 0 aliphatic heterocycles. The Labute approximate surface area is 142 Å². The highest BCUT2D eigenvalue weighted by Gasteiger charge is 2.24. The maximum absolute atomic E-state index is 12.7. The van der Waals surface area contributed by atoms with Crippen molar-refractivity contribution in [3.05, 3.63) is 57.3 Å². The van der Waals surface area contributed by atoms with Crippen molar-refractivity contribution in [2.45, 2.75) is 52.0 Å². The highest BCUT2D eigenvalue weighted by molar-refractivity contribution is 7.10. The lowest BCUT2D eigenvalue weighted by Gasteiger charge is -2.20. The van der Waals surface area contributed by atoms with Crippen LogP contribution in [-0.4, -0.2) is 11.9 Å². The Hall–Kier alpha value is -1.61. The predicted octanol–water partition coefficient (Wildman–Crippen LogP) is 4.62. The molecule has 122 valence electrons. The van der Waals surface area contributed by atoms with Gasteiger partial charge in [-0.05, 0) is 49.1 Å². The number of carbonyl (C=O) groups is 1. The van der Waals surface area contributed by atoms with E-state index >= 15 is 0 Å². The van der Waals surface area contributed by atoms with Gasteiger partial charge in [-0.15, -0.1) is 11.3 Å². The maximum atomic E-state index is 12.7. The molecule has 1 heterocycles. The Morgan fingerprint density at radius 3 is 2.87 bits per heavy atom. The minimum Gasteiger partial charge on any atom is -0.349 e. The van der Waals surface area contributed by atoms with E-state index in [1.807, 2.05) is 6.07 Å². The van der Waals surface area contributed by atoms with Crippen LogP contribution in [-0.2, 0) is 19.3 Å². The number of rotatable bonds is 5. The molecule has 1 aromatic carbocycles. The molecule has 23 heavy (non-hydrogen) atoms. The Morgan fingerprint density at radius 1 is 1.35 bits per heavy atom. The van der Waals surface area contributed by atoms with Crippen LogP contribution in [0.1, 0.15) is 53.1 Å². The van der Waals surface area contributed by atoms with Gasteiger partial charge in [0.25, 0.3) is 5.91 Å². The summed E-state index contributed by atoms with van der Waals surface area (Å²) in [5.74, 6) is 0.860. The number of benzene rings is 1. The van der Waals surface area contributed by atoms with Gasteiger partial charge in [-0.1, -0.05) is 44.2 Å². The molecule has 2 atom stereocenters. The van der Waals surface area contributed by atoms with Crippen LogP contribution < -0.4 is 5.32 Å². The first-order chi connectivity index (χ1) is 11.2. The van der Waals surface area contributed by atoms with E-state index in [9.17, 15) is 4.79 Å². The first kappa shape index (κ1) is 16.3. The summed E-state index contributed by atoms with van der Waals surface area (Å²) in [5.41, 5.74) is 3.50. The Kier molecular flexibility index (Phi) is 5.16. The molecule has 1 amide bonds. The van der Waals surface area contributed by atoms with Crippen molar-refractivity contribution in [1.82, 2.24) is 5.32 Å². The lowest BCUT2D eigenvalue weighted by Crippen LogP contribution is -2.36. The van der Waals surface area contributed by atoms with Crippen molar-refractivity contribution in [3.8, 4) is 0 Å². The maximum Gasteiger partial charge on any atom is 0.252 e. The number of thiophene rings is 1. The van der Waals surface area contributed by atoms with Gasteiger partial charge in [-0.3, -0.25) is 4.79 Å². The fourth-order valence-electron chi connectivity index (χ4n) is 3.33. The first-order valence-corrected chi connectivity index (χ1v) is 9.49. The second-order valence-electron chi connectivity index (χ2n) is 6.67. The minimum atomic E-state index is 0.111. The third-order valence-corrected chi connectivity index (χ3v) is 5.85. The fraction of sp³-hybridized carbons (Fsp3) is 0.450. The topological polar surface area (TPSA) is 29.1 Å². The molecule has 0 bridgehead atoms. The molecule has 1 N–H and O–H groups in total. The molecule has 2 aromatic rings. The number of hydrogen-bond acceptors (Lipinski definition) is 2. The van der Waals surface area contributed by atoms with E-state index in [4.69, 9.17) is 0 Å². The van der Waals surface area contributed by atoms with E-state index in [0.29, 0.717) is 0 Å². The van der Waals surface area contributed by atoms with E-state index in [0.717, 1.165) is 37.2 Å². The molecular formula is C20H25NOS. The van der Waals surface area contributed by atoms with Gasteiger partial charge in [-0.2, -0.15) is 0 Å². The third kappa shape index (κ3) is 3.84. The molecule has 3 rings (SSSR count). The summed E-state index contributed by atoms with van der Waals surface area (Å²) in [6, 6.07) is 10.6. The van der Waals surface area contributed by atoms with E-state index in [2.05, 4.69) is 48.8 Å². The highest BCUT2D eigenvalue weighted by Crippen LogP contribution is 2.32. The van der Waals surface area contributed by atoms with Crippen LogP contribution in [0.5, 0.6) is 0 Å². The molecule has 3 heteroatoms. The second kappa shape index (κ2) is 7.31. The normalized spacial score (nSPS) is 18.3. The Morgan fingerprint density at radius 2 is 2.13 bits per heavy atom. The largest absolute Gasteiger partial charge is 0.349 e. The van der Waals surface area contributed by atoms with Crippen LogP contribution in [0.2, 0.25) is 0 Å². The van der Waals surface area contributed by atoms with Crippen molar-refractivity contribution >= 4 is 17.2 Å². The molecule has 0 unspecified atom stereocenters. The van der Waals surface area contributed by atoms with Gasteiger partial charge in [0.15, 0.2) is 0 Å². The SMILES string of the molecule is CC[C@H](Cc1ccccc1)NC(=O)c1csc2c1CC[C@@H](C)C2. The van der Waals surface area contributed by atoms with Crippen molar-refractivity contribution in [2.75, 3.05) is 0 Å². The Bertz CT molecular complexity index is 662. The molecular weight excluding hydrogens is 302 g/mol. The minimum absolute atomic E-state index is 0.111. The van der Waals surface area contributed by atoms with Gasteiger partial charge in [0.1, 0.15) is 0 Å². The molecule has 0 spiro atoms. The van der Waals surface area contributed by atoms with E-state index in [1.54, 1.807) is 11.3 Å². The quantitative estimate of drug-likeness (QED) is 0.853. The van der Waals surface area contributed by atoms with Gasteiger partial charge in [0.05, 0.1) is 5.56 Å². The average Bonchev–Trinajstić information content (AvgIpc) is 2.98. The zero-order chi connectivity index (χ0) is 16.2. The predicted molar refractivity (Wildman–Crippen MR) is 97.2 cm³/mol. The first-order valence-electron chi connectivity index (χ1n) is 8.61.